The summed E-state index contributed by atoms with van der Waals surface area (Å²) in [5, 5.41) is 8.84. The second-order valence-electron chi connectivity index (χ2n) is 8.43. The number of aromatic nitrogens is 2. The minimum absolute atomic E-state index is 0.173. The van der Waals surface area contributed by atoms with Gasteiger partial charge in [0.25, 0.3) is 11.5 Å². The molecule has 2 aromatic carbocycles. The van der Waals surface area contributed by atoms with E-state index in [9.17, 15) is 9.59 Å². The van der Waals surface area contributed by atoms with Crippen molar-refractivity contribution >= 4 is 32.6 Å². The van der Waals surface area contributed by atoms with Crippen LogP contribution in [-0.4, -0.2) is 28.9 Å². The van der Waals surface area contributed by atoms with Crippen molar-refractivity contribution in [3.63, 3.8) is 0 Å². The van der Waals surface area contributed by atoms with Crippen LogP contribution in [0.5, 0.6) is 0 Å². The summed E-state index contributed by atoms with van der Waals surface area (Å²) >= 11 is 3.54. The second kappa shape index (κ2) is 8.93. The minimum atomic E-state index is -0.555. The van der Waals surface area contributed by atoms with Crippen LogP contribution in [0.4, 0.5) is 0 Å². The van der Waals surface area contributed by atoms with Crippen LogP contribution in [0.15, 0.2) is 57.8 Å². The van der Waals surface area contributed by atoms with Crippen LogP contribution >= 0.6 is 15.9 Å². The Morgan fingerprint density at radius 2 is 1.87 bits per heavy atom. The highest BCUT2D eigenvalue weighted by molar-refractivity contribution is 9.10. The molecule has 1 N–H and O–H groups in total. The number of hydrogen-bond donors (Lipinski definition) is 1. The summed E-state index contributed by atoms with van der Waals surface area (Å²) in [4.78, 5) is 26.5. The summed E-state index contributed by atoms with van der Waals surface area (Å²) in [5.41, 5.74) is 0.574. The van der Waals surface area contributed by atoms with E-state index in [4.69, 9.17) is 4.74 Å². The van der Waals surface area contributed by atoms with Crippen molar-refractivity contribution < 1.29 is 9.53 Å². The molecule has 0 saturated carbocycles. The average Bonchev–Trinajstić information content (AvgIpc) is 2.76. The number of nitrogens with one attached hydrogen (secondary N) is 1. The predicted molar refractivity (Wildman–Crippen MR) is 124 cm³/mol. The molecule has 2 heterocycles. The van der Waals surface area contributed by atoms with E-state index in [1.165, 1.54) is 4.68 Å². The third kappa shape index (κ3) is 4.43. The molecule has 1 saturated heterocycles. The van der Waals surface area contributed by atoms with Crippen molar-refractivity contribution in [1.29, 1.82) is 0 Å². The molecule has 1 aliphatic heterocycles. The fourth-order valence-electron chi connectivity index (χ4n) is 4.14. The predicted octanol–water partition coefficient (Wildman–Crippen LogP) is 4.25. The number of fused-ring (bicyclic) bond motifs is 1. The Kier molecular flexibility index (Phi) is 6.25. The number of carbonyl (C=O) groups is 1. The van der Waals surface area contributed by atoms with E-state index >= 15 is 0 Å². The van der Waals surface area contributed by atoms with E-state index in [1.54, 1.807) is 12.1 Å². The number of hydrogen-bond acceptors (Lipinski definition) is 4. The zero-order valence-electron chi connectivity index (χ0n) is 17.7. The number of rotatable bonds is 5. The largest absolute Gasteiger partial charge is 0.381 e. The number of benzene rings is 2. The molecule has 1 amide bonds. The number of nitrogens with zero attached hydrogens (tertiary/aromatic N) is 2. The third-order valence-electron chi connectivity index (χ3n) is 5.70. The Hall–Kier alpha value is -2.51. The fraction of sp³-hybridized carbons (Fsp3) is 0.375. The lowest BCUT2D eigenvalue weighted by Gasteiger charge is -2.38. The summed E-state index contributed by atoms with van der Waals surface area (Å²) in [6.45, 7) is 5.62. The molecule has 0 unspecified atom stereocenters. The Morgan fingerprint density at radius 3 is 2.55 bits per heavy atom. The molecular weight excluding hydrogens is 458 g/mol. The minimum Gasteiger partial charge on any atom is -0.381 e. The van der Waals surface area contributed by atoms with Gasteiger partial charge in [-0.2, -0.15) is 5.10 Å². The highest BCUT2D eigenvalue weighted by Crippen LogP contribution is 2.34. The zero-order valence-corrected chi connectivity index (χ0v) is 19.3. The molecule has 31 heavy (non-hydrogen) atoms. The first-order chi connectivity index (χ1) is 14.9. The Bertz CT molecular complexity index is 1170. The number of carbonyl (C=O) groups excluding carboxylic acids is 1. The fourth-order valence-corrected chi connectivity index (χ4v) is 4.54. The van der Waals surface area contributed by atoms with Crippen LogP contribution in [0.25, 0.3) is 10.8 Å². The number of ether oxygens (including phenoxy) is 1. The van der Waals surface area contributed by atoms with Gasteiger partial charge in [-0.15, -0.1) is 0 Å². The summed E-state index contributed by atoms with van der Waals surface area (Å²) in [6, 6.07) is 15.2. The van der Waals surface area contributed by atoms with Crippen LogP contribution < -0.4 is 10.9 Å². The molecule has 0 spiro atoms. The smallest absolute Gasteiger partial charge is 0.274 e. The lowest BCUT2D eigenvalue weighted by molar-refractivity contribution is 0.0343. The lowest BCUT2D eigenvalue weighted by Crippen LogP contribution is -2.50. The van der Waals surface area contributed by atoms with E-state index in [-0.39, 0.29) is 23.1 Å². The molecule has 3 aromatic rings. The molecule has 162 valence electrons. The Morgan fingerprint density at radius 1 is 1.16 bits per heavy atom. The molecule has 0 aliphatic carbocycles. The maximum absolute atomic E-state index is 13.6. The summed E-state index contributed by atoms with van der Waals surface area (Å²) in [7, 11) is 0. The van der Waals surface area contributed by atoms with Gasteiger partial charge < -0.3 is 10.1 Å². The first-order valence-corrected chi connectivity index (χ1v) is 11.3. The highest BCUT2D eigenvalue weighted by Gasteiger charge is 2.37. The monoisotopic (exact) mass is 483 g/mol. The first-order valence-electron chi connectivity index (χ1n) is 10.6. The Balaban J connectivity index is 1.79. The van der Waals surface area contributed by atoms with Crippen molar-refractivity contribution in [2.24, 2.45) is 5.92 Å². The normalized spacial score (nSPS) is 15.9. The molecule has 0 radical (unpaired) electrons. The van der Waals surface area contributed by atoms with Gasteiger partial charge in [0, 0.05) is 29.6 Å². The first kappa shape index (κ1) is 21.7. The van der Waals surface area contributed by atoms with E-state index in [0.29, 0.717) is 43.4 Å². The van der Waals surface area contributed by atoms with E-state index < -0.39 is 5.54 Å². The van der Waals surface area contributed by atoms with E-state index in [1.807, 2.05) is 50.2 Å². The van der Waals surface area contributed by atoms with E-state index in [2.05, 4.69) is 26.3 Å². The lowest BCUT2D eigenvalue weighted by atomic mass is 9.82. The summed E-state index contributed by atoms with van der Waals surface area (Å²) < 4.78 is 7.96. The van der Waals surface area contributed by atoms with Gasteiger partial charge >= 0.3 is 0 Å². The molecule has 1 fully saturated rings. The number of halogens is 1. The molecule has 0 bridgehead atoms. The van der Waals surface area contributed by atoms with Crippen LogP contribution in [-0.2, 0) is 16.8 Å². The molecule has 6 nitrogen and oxygen atoms in total. The van der Waals surface area contributed by atoms with Crippen molar-refractivity contribution in [3.8, 4) is 0 Å². The summed E-state index contributed by atoms with van der Waals surface area (Å²) in [6.07, 6.45) is 1.33. The molecule has 1 aliphatic rings. The van der Waals surface area contributed by atoms with Gasteiger partial charge in [0.05, 0.1) is 10.9 Å². The van der Waals surface area contributed by atoms with Crippen molar-refractivity contribution in [2.75, 3.05) is 13.2 Å². The third-order valence-corrected chi connectivity index (χ3v) is 6.19. The zero-order chi connectivity index (χ0) is 22.0. The highest BCUT2D eigenvalue weighted by atomic mass is 79.9. The number of amides is 1. The van der Waals surface area contributed by atoms with Gasteiger partial charge in [0.2, 0.25) is 0 Å². The SMILES string of the molecule is CC(C)Cn1nc(C(=O)NC2(c3cccc(Br)c3)CCOCC2)c2ccccc2c1=O. The van der Waals surface area contributed by atoms with Crippen molar-refractivity contribution in [1.82, 2.24) is 15.1 Å². The van der Waals surface area contributed by atoms with Crippen molar-refractivity contribution in [3.05, 3.63) is 74.6 Å². The van der Waals surface area contributed by atoms with Gasteiger partial charge in [0.15, 0.2) is 5.69 Å². The molecule has 4 rings (SSSR count). The van der Waals surface area contributed by atoms with Gasteiger partial charge in [0.1, 0.15) is 0 Å². The van der Waals surface area contributed by atoms with Crippen LogP contribution in [0.1, 0.15) is 42.7 Å². The molecular formula is C24H26BrN3O3. The van der Waals surface area contributed by atoms with Gasteiger partial charge in [-0.25, -0.2) is 4.68 Å². The maximum Gasteiger partial charge on any atom is 0.274 e. The quantitative estimate of drug-likeness (QED) is 0.588. The van der Waals surface area contributed by atoms with Gasteiger partial charge in [-0.05, 0) is 42.5 Å². The maximum atomic E-state index is 13.6. The van der Waals surface area contributed by atoms with Gasteiger partial charge in [-0.1, -0.05) is 60.1 Å². The molecule has 7 heteroatoms. The molecule has 1 aromatic heterocycles. The standard InChI is InChI=1S/C24H26BrN3O3/c1-16(2)15-28-23(30)20-9-4-3-8-19(20)21(27-28)22(29)26-24(10-12-31-13-11-24)17-6-5-7-18(25)14-17/h3-9,14,16H,10-13,15H2,1-2H3,(H,26,29). The average molecular weight is 484 g/mol. The summed E-state index contributed by atoms with van der Waals surface area (Å²) in [5.74, 6) is -0.0543. The van der Waals surface area contributed by atoms with Crippen LogP contribution in [0.3, 0.4) is 0 Å². The van der Waals surface area contributed by atoms with Gasteiger partial charge in [-0.3, -0.25) is 9.59 Å². The van der Waals surface area contributed by atoms with Crippen LogP contribution in [0.2, 0.25) is 0 Å². The Labute approximate surface area is 189 Å². The van der Waals surface area contributed by atoms with E-state index in [0.717, 1.165) is 10.0 Å². The molecule has 0 atom stereocenters. The van der Waals surface area contributed by atoms with Crippen molar-refractivity contribution in [2.45, 2.75) is 38.8 Å². The van der Waals surface area contributed by atoms with Crippen LogP contribution in [0, 0.1) is 5.92 Å². The second-order valence-corrected chi connectivity index (χ2v) is 9.35. The topological polar surface area (TPSA) is 73.2 Å².